The van der Waals surface area contributed by atoms with Crippen molar-refractivity contribution in [1.29, 1.82) is 0 Å². The standard InChI is InChI=1S/C23H21NO4/c25-22(26)20-10-4-8-18(12-20)15-24(14-17-6-2-1-3-7-17)16-19-9-5-11-21(13-19)23(27)28/h1-13H,14-16H2,(H,25,26)(H,27,28). The van der Waals surface area contributed by atoms with Crippen LogP contribution < -0.4 is 0 Å². The fraction of sp³-hybridized carbons (Fsp3) is 0.130. The van der Waals surface area contributed by atoms with Crippen molar-refractivity contribution in [3.05, 3.63) is 107 Å². The summed E-state index contributed by atoms with van der Waals surface area (Å²) < 4.78 is 0. The maximum Gasteiger partial charge on any atom is 0.335 e. The van der Waals surface area contributed by atoms with Crippen molar-refractivity contribution in [1.82, 2.24) is 4.90 Å². The maximum atomic E-state index is 11.3. The first-order valence-electron chi connectivity index (χ1n) is 8.92. The summed E-state index contributed by atoms with van der Waals surface area (Å²) >= 11 is 0. The van der Waals surface area contributed by atoms with Crippen LogP contribution in [0.5, 0.6) is 0 Å². The summed E-state index contributed by atoms with van der Waals surface area (Å²) in [6.45, 7) is 1.76. The lowest BCUT2D eigenvalue weighted by Crippen LogP contribution is -2.22. The zero-order valence-corrected chi connectivity index (χ0v) is 15.3. The highest BCUT2D eigenvalue weighted by atomic mass is 16.4. The molecule has 0 atom stereocenters. The molecule has 0 saturated carbocycles. The highest BCUT2D eigenvalue weighted by Crippen LogP contribution is 2.16. The lowest BCUT2D eigenvalue weighted by Gasteiger charge is -2.23. The average Bonchev–Trinajstić information content (AvgIpc) is 2.69. The molecule has 142 valence electrons. The number of benzene rings is 3. The monoisotopic (exact) mass is 375 g/mol. The van der Waals surface area contributed by atoms with E-state index in [0.717, 1.165) is 16.7 Å². The van der Waals surface area contributed by atoms with Crippen molar-refractivity contribution in [2.45, 2.75) is 19.6 Å². The first-order chi connectivity index (χ1) is 13.5. The second-order valence-electron chi connectivity index (χ2n) is 6.64. The van der Waals surface area contributed by atoms with Gasteiger partial charge >= 0.3 is 11.9 Å². The molecule has 0 saturated heterocycles. The van der Waals surface area contributed by atoms with Gasteiger partial charge in [-0.3, -0.25) is 4.90 Å². The fourth-order valence-electron chi connectivity index (χ4n) is 3.13. The number of rotatable bonds is 8. The molecule has 0 aromatic heterocycles. The number of carbonyl (C=O) groups is 2. The van der Waals surface area contributed by atoms with Gasteiger partial charge in [-0.1, -0.05) is 54.6 Å². The van der Waals surface area contributed by atoms with E-state index in [-0.39, 0.29) is 11.1 Å². The van der Waals surface area contributed by atoms with Crippen molar-refractivity contribution < 1.29 is 19.8 Å². The zero-order chi connectivity index (χ0) is 19.9. The van der Waals surface area contributed by atoms with Crippen LogP contribution in [0.1, 0.15) is 37.4 Å². The Morgan fingerprint density at radius 3 is 1.50 bits per heavy atom. The van der Waals surface area contributed by atoms with Gasteiger partial charge in [0.1, 0.15) is 0 Å². The van der Waals surface area contributed by atoms with Crippen molar-refractivity contribution in [2.24, 2.45) is 0 Å². The minimum atomic E-state index is -0.953. The lowest BCUT2D eigenvalue weighted by molar-refractivity contribution is 0.0686. The van der Waals surface area contributed by atoms with Crippen molar-refractivity contribution in [3.8, 4) is 0 Å². The molecule has 0 heterocycles. The molecule has 2 N–H and O–H groups in total. The van der Waals surface area contributed by atoms with E-state index in [1.54, 1.807) is 36.4 Å². The van der Waals surface area contributed by atoms with E-state index in [1.165, 1.54) is 0 Å². The van der Waals surface area contributed by atoms with Crippen LogP contribution in [0.25, 0.3) is 0 Å². The summed E-state index contributed by atoms with van der Waals surface area (Å²) in [6, 6.07) is 23.8. The Morgan fingerprint density at radius 1 is 0.607 bits per heavy atom. The SMILES string of the molecule is O=C(O)c1cccc(CN(Cc2ccccc2)Cc2cccc(C(=O)O)c2)c1. The van der Waals surface area contributed by atoms with Gasteiger partial charge in [-0.15, -0.1) is 0 Å². The minimum Gasteiger partial charge on any atom is -0.478 e. The molecule has 0 fully saturated rings. The van der Waals surface area contributed by atoms with Crippen LogP contribution in [0.2, 0.25) is 0 Å². The van der Waals surface area contributed by atoms with Gasteiger partial charge in [-0.2, -0.15) is 0 Å². The molecule has 0 amide bonds. The molecule has 0 aliphatic heterocycles. The second kappa shape index (κ2) is 8.97. The third-order valence-electron chi connectivity index (χ3n) is 4.41. The normalized spacial score (nSPS) is 10.8. The Balaban J connectivity index is 1.84. The van der Waals surface area contributed by atoms with Crippen molar-refractivity contribution in [3.63, 3.8) is 0 Å². The van der Waals surface area contributed by atoms with Gasteiger partial charge in [-0.25, -0.2) is 9.59 Å². The highest BCUT2D eigenvalue weighted by Gasteiger charge is 2.12. The Bertz CT molecular complexity index is 910. The van der Waals surface area contributed by atoms with E-state index in [2.05, 4.69) is 4.90 Å². The van der Waals surface area contributed by atoms with Gasteiger partial charge in [0, 0.05) is 19.6 Å². The van der Waals surface area contributed by atoms with E-state index in [9.17, 15) is 19.8 Å². The molecule has 0 bridgehead atoms. The van der Waals surface area contributed by atoms with Crippen molar-refractivity contribution >= 4 is 11.9 Å². The van der Waals surface area contributed by atoms with Gasteiger partial charge in [0.15, 0.2) is 0 Å². The van der Waals surface area contributed by atoms with Crippen molar-refractivity contribution in [2.75, 3.05) is 0 Å². The summed E-state index contributed by atoms with van der Waals surface area (Å²) in [7, 11) is 0. The third kappa shape index (κ3) is 5.28. The van der Waals surface area contributed by atoms with Gasteiger partial charge in [0.05, 0.1) is 11.1 Å². The number of carboxylic acids is 2. The molecule has 0 unspecified atom stereocenters. The van der Waals surface area contributed by atoms with Gasteiger partial charge in [0.2, 0.25) is 0 Å². The lowest BCUT2D eigenvalue weighted by atomic mass is 10.1. The van der Waals surface area contributed by atoms with Crippen LogP contribution in [0.3, 0.4) is 0 Å². The topological polar surface area (TPSA) is 77.8 Å². The summed E-state index contributed by atoms with van der Waals surface area (Å²) in [5.41, 5.74) is 3.43. The molecule has 28 heavy (non-hydrogen) atoms. The largest absolute Gasteiger partial charge is 0.478 e. The molecule has 0 spiro atoms. The van der Waals surface area contributed by atoms with Crippen LogP contribution >= 0.6 is 0 Å². The minimum absolute atomic E-state index is 0.255. The molecular formula is C23H21NO4. The summed E-state index contributed by atoms with van der Waals surface area (Å²) in [6.07, 6.45) is 0. The number of hydrogen-bond acceptors (Lipinski definition) is 3. The second-order valence-corrected chi connectivity index (χ2v) is 6.64. The molecule has 0 aliphatic rings. The molecule has 3 aromatic rings. The van der Waals surface area contributed by atoms with E-state index in [1.807, 2.05) is 42.5 Å². The molecule has 3 aromatic carbocycles. The Kier molecular flexibility index (Phi) is 6.19. The molecule has 0 radical (unpaired) electrons. The van der Waals surface area contributed by atoms with Gasteiger partial charge in [-0.05, 0) is 41.0 Å². The maximum absolute atomic E-state index is 11.3. The third-order valence-corrected chi connectivity index (χ3v) is 4.41. The average molecular weight is 375 g/mol. The fourth-order valence-corrected chi connectivity index (χ4v) is 3.13. The molecule has 0 aliphatic carbocycles. The number of hydrogen-bond donors (Lipinski definition) is 2. The van der Waals surface area contributed by atoms with Gasteiger partial charge < -0.3 is 10.2 Å². The Labute approximate surface area is 163 Å². The van der Waals surface area contributed by atoms with E-state index >= 15 is 0 Å². The summed E-state index contributed by atoms with van der Waals surface area (Å²) in [5, 5.41) is 18.5. The Hall–Kier alpha value is -3.44. The highest BCUT2D eigenvalue weighted by molar-refractivity contribution is 5.88. The number of aromatic carboxylic acids is 2. The first-order valence-corrected chi connectivity index (χ1v) is 8.92. The summed E-state index contributed by atoms with van der Waals surface area (Å²) in [4.78, 5) is 24.7. The van der Waals surface area contributed by atoms with Gasteiger partial charge in [0.25, 0.3) is 0 Å². The van der Waals surface area contributed by atoms with E-state index < -0.39 is 11.9 Å². The van der Waals surface area contributed by atoms with E-state index in [4.69, 9.17) is 0 Å². The molecule has 5 nitrogen and oxygen atoms in total. The quantitative estimate of drug-likeness (QED) is 0.614. The zero-order valence-electron chi connectivity index (χ0n) is 15.3. The smallest absolute Gasteiger partial charge is 0.335 e. The number of carboxylic acid groups (broad SMARTS) is 2. The van der Waals surface area contributed by atoms with Crippen LogP contribution in [0.15, 0.2) is 78.9 Å². The van der Waals surface area contributed by atoms with E-state index in [0.29, 0.717) is 19.6 Å². The Morgan fingerprint density at radius 2 is 1.04 bits per heavy atom. The molecular weight excluding hydrogens is 354 g/mol. The van der Waals surface area contributed by atoms with Crippen LogP contribution in [-0.2, 0) is 19.6 Å². The molecule has 3 rings (SSSR count). The molecule has 5 heteroatoms. The predicted molar refractivity (Wildman–Crippen MR) is 106 cm³/mol. The predicted octanol–water partition coefficient (Wildman–Crippen LogP) is 4.29. The summed E-state index contributed by atoms with van der Waals surface area (Å²) in [5.74, 6) is -1.91. The van der Waals surface area contributed by atoms with Crippen LogP contribution in [0, 0.1) is 0 Å². The van der Waals surface area contributed by atoms with Crippen LogP contribution in [-0.4, -0.2) is 27.1 Å². The first kappa shape index (κ1) is 19.3. The number of nitrogens with zero attached hydrogens (tertiary/aromatic N) is 1. The van der Waals surface area contributed by atoms with Crippen LogP contribution in [0.4, 0.5) is 0 Å².